The molecule has 0 bridgehead atoms. The van der Waals surface area contributed by atoms with E-state index >= 15 is 0 Å². The Balaban J connectivity index is 2.56. The number of phenolic OH excluding ortho intramolecular Hbond substituents is 1. The van der Waals surface area contributed by atoms with Crippen LogP contribution in [0.1, 0.15) is 26.3 Å². The number of hydrogen-bond donors (Lipinski definition) is 1. The van der Waals surface area contributed by atoms with E-state index in [4.69, 9.17) is 0 Å². The SMILES string of the molecule is O=Cc1cccc(O)c1C(=O)c1cccc(F)c1. The van der Waals surface area contributed by atoms with Gasteiger partial charge in [-0.2, -0.15) is 0 Å². The predicted molar refractivity (Wildman–Crippen MR) is 63.3 cm³/mol. The first-order valence-electron chi connectivity index (χ1n) is 5.21. The van der Waals surface area contributed by atoms with Gasteiger partial charge in [0.1, 0.15) is 11.6 Å². The summed E-state index contributed by atoms with van der Waals surface area (Å²) in [6.45, 7) is 0. The van der Waals surface area contributed by atoms with Crippen LogP contribution >= 0.6 is 0 Å². The molecule has 3 nitrogen and oxygen atoms in total. The zero-order valence-electron chi connectivity index (χ0n) is 9.26. The van der Waals surface area contributed by atoms with Crippen LogP contribution in [0.3, 0.4) is 0 Å². The van der Waals surface area contributed by atoms with Gasteiger partial charge in [0.25, 0.3) is 0 Å². The van der Waals surface area contributed by atoms with E-state index in [1.165, 1.54) is 36.4 Å². The number of halogens is 1. The molecule has 0 heterocycles. The van der Waals surface area contributed by atoms with Crippen molar-refractivity contribution in [3.8, 4) is 5.75 Å². The molecule has 0 radical (unpaired) electrons. The first-order valence-corrected chi connectivity index (χ1v) is 5.21. The molecule has 0 amide bonds. The van der Waals surface area contributed by atoms with E-state index in [2.05, 4.69) is 0 Å². The largest absolute Gasteiger partial charge is 0.507 e. The highest BCUT2D eigenvalue weighted by Crippen LogP contribution is 2.23. The van der Waals surface area contributed by atoms with E-state index in [-0.39, 0.29) is 22.4 Å². The van der Waals surface area contributed by atoms with E-state index in [0.29, 0.717) is 6.29 Å². The van der Waals surface area contributed by atoms with Gasteiger partial charge in [0.05, 0.1) is 5.56 Å². The zero-order valence-corrected chi connectivity index (χ0v) is 9.26. The highest BCUT2D eigenvalue weighted by Gasteiger charge is 2.17. The van der Waals surface area contributed by atoms with E-state index in [9.17, 15) is 19.1 Å². The molecule has 0 fully saturated rings. The highest BCUT2D eigenvalue weighted by atomic mass is 19.1. The third-order valence-electron chi connectivity index (χ3n) is 2.52. The maximum atomic E-state index is 13.0. The van der Waals surface area contributed by atoms with Crippen LogP contribution in [-0.2, 0) is 0 Å². The molecule has 18 heavy (non-hydrogen) atoms. The van der Waals surface area contributed by atoms with Gasteiger partial charge in [-0.05, 0) is 18.2 Å². The Morgan fingerprint density at radius 1 is 1.17 bits per heavy atom. The van der Waals surface area contributed by atoms with Crippen LogP contribution in [-0.4, -0.2) is 17.2 Å². The fourth-order valence-electron chi connectivity index (χ4n) is 1.68. The lowest BCUT2D eigenvalue weighted by Crippen LogP contribution is -2.06. The minimum absolute atomic E-state index is 0.0734. The van der Waals surface area contributed by atoms with Gasteiger partial charge in [0.15, 0.2) is 12.1 Å². The second-order valence-corrected chi connectivity index (χ2v) is 3.70. The topological polar surface area (TPSA) is 54.4 Å². The number of rotatable bonds is 3. The maximum Gasteiger partial charge on any atom is 0.197 e. The highest BCUT2D eigenvalue weighted by molar-refractivity contribution is 6.14. The van der Waals surface area contributed by atoms with Gasteiger partial charge in [-0.1, -0.05) is 24.3 Å². The Morgan fingerprint density at radius 2 is 1.89 bits per heavy atom. The number of phenols is 1. The molecule has 0 aromatic heterocycles. The second kappa shape index (κ2) is 4.79. The fraction of sp³-hybridized carbons (Fsp3) is 0. The summed E-state index contributed by atoms with van der Waals surface area (Å²) >= 11 is 0. The Labute approximate surface area is 103 Å². The van der Waals surface area contributed by atoms with Crippen LogP contribution in [0.4, 0.5) is 4.39 Å². The van der Waals surface area contributed by atoms with Crippen molar-refractivity contribution in [2.24, 2.45) is 0 Å². The van der Waals surface area contributed by atoms with Gasteiger partial charge >= 0.3 is 0 Å². The molecule has 0 aliphatic rings. The van der Waals surface area contributed by atoms with Crippen LogP contribution in [0.2, 0.25) is 0 Å². The Morgan fingerprint density at radius 3 is 2.56 bits per heavy atom. The van der Waals surface area contributed by atoms with Crippen molar-refractivity contribution in [2.75, 3.05) is 0 Å². The van der Waals surface area contributed by atoms with E-state index in [1.54, 1.807) is 0 Å². The summed E-state index contributed by atoms with van der Waals surface area (Å²) in [6.07, 6.45) is 0.478. The van der Waals surface area contributed by atoms with Crippen LogP contribution in [0, 0.1) is 5.82 Å². The number of hydrogen-bond acceptors (Lipinski definition) is 3. The molecule has 4 heteroatoms. The zero-order chi connectivity index (χ0) is 13.1. The van der Waals surface area contributed by atoms with Crippen molar-refractivity contribution >= 4 is 12.1 Å². The summed E-state index contributed by atoms with van der Waals surface area (Å²) in [4.78, 5) is 23.0. The standard InChI is InChI=1S/C14H9FO3/c15-11-5-1-3-9(7-11)14(18)13-10(8-16)4-2-6-12(13)17/h1-8,17H. The Bertz CT molecular complexity index is 620. The molecule has 1 N–H and O–H groups in total. The Kier molecular flexibility index (Phi) is 3.19. The lowest BCUT2D eigenvalue weighted by atomic mass is 9.98. The molecule has 0 aliphatic heterocycles. The molecule has 0 saturated heterocycles. The number of aromatic hydroxyl groups is 1. The summed E-state index contributed by atoms with van der Waals surface area (Å²) in [6, 6.07) is 9.27. The summed E-state index contributed by atoms with van der Waals surface area (Å²) in [5.41, 5.74) is 0.0435. The van der Waals surface area contributed by atoms with Crippen LogP contribution < -0.4 is 0 Å². The van der Waals surface area contributed by atoms with E-state index in [0.717, 1.165) is 6.07 Å². The molecular weight excluding hydrogens is 235 g/mol. The molecule has 2 aromatic carbocycles. The van der Waals surface area contributed by atoms with Gasteiger partial charge in [0.2, 0.25) is 0 Å². The van der Waals surface area contributed by atoms with Gasteiger partial charge in [0, 0.05) is 11.1 Å². The summed E-state index contributed by atoms with van der Waals surface area (Å²) in [5.74, 6) is -1.44. The Hall–Kier alpha value is -2.49. The molecule has 0 atom stereocenters. The quantitative estimate of drug-likeness (QED) is 0.666. The average Bonchev–Trinajstić information content (AvgIpc) is 2.37. The summed E-state index contributed by atoms with van der Waals surface area (Å²) in [5, 5.41) is 9.65. The van der Waals surface area contributed by atoms with Crippen molar-refractivity contribution in [2.45, 2.75) is 0 Å². The molecule has 0 unspecified atom stereocenters. The average molecular weight is 244 g/mol. The molecule has 2 rings (SSSR count). The monoisotopic (exact) mass is 244 g/mol. The second-order valence-electron chi connectivity index (χ2n) is 3.70. The van der Waals surface area contributed by atoms with Crippen LogP contribution in [0.25, 0.3) is 0 Å². The van der Waals surface area contributed by atoms with Crippen LogP contribution in [0.15, 0.2) is 42.5 Å². The third kappa shape index (κ3) is 2.13. The van der Waals surface area contributed by atoms with Gasteiger partial charge in [-0.3, -0.25) is 9.59 Å². The van der Waals surface area contributed by atoms with Gasteiger partial charge in [-0.25, -0.2) is 4.39 Å². The maximum absolute atomic E-state index is 13.0. The van der Waals surface area contributed by atoms with Gasteiger partial charge in [-0.15, -0.1) is 0 Å². The van der Waals surface area contributed by atoms with E-state index in [1.807, 2.05) is 0 Å². The first kappa shape index (κ1) is 12.0. The van der Waals surface area contributed by atoms with E-state index < -0.39 is 11.6 Å². The molecule has 90 valence electrons. The summed E-state index contributed by atoms with van der Waals surface area (Å²) < 4.78 is 13.0. The lowest BCUT2D eigenvalue weighted by molar-refractivity contribution is 0.102. The molecule has 0 saturated carbocycles. The molecule has 0 aliphatic carbocycles. The predicted octanol–water partition coefficient (Wildman–Crippen LogP) is 2.57. The van der Waals surface area contributed by atoms with Crippen molar-refractivity contribution < 1.29 is 19.1 Å². The van der Waals surface area contributed by atoms with Gasteiger partial charge < -0.3 is 5.11 Å². The smallest absolute Gasteiger partial charge is 0.197 e. The van der Waals surface area contributed by atoms with Crippen molar-refractivity contribution in [3.63, 3.8) is 0 Å². The number of carbonyl (C=O) groups is 2. The molecule has 0 spiro atoms. The number of benzene rings is 2. The number of aldehydes is 1. The minimum Gasteiger partial charge on any atom is -0.507 e. The van der Waals surface area contributed by atoms with Crippen molar-refractivity contribution in [1.82, 2.24) is 0 Å². The molecular formula is C14H9FO3. The van der Waals surface area contributed by atoms with Crippen LogP contribution in [0.5, 0.6) is 5.75 Å². The molecule has 2 aromatic rings. The summed E-state index contributed by atoms with van der Waals surface area (Å²) in [7, 11) is 0. The number of ketones is 1. The minimum atomic E-state index is -0.588. The van der Waals surface area contributed by atoms with Crippen molar-refractivity contribution in [1.29, 1.82) is 0 Å². The fourth-order valence-corrected chi connectivity index (χ4v) is 1.68. The first-order chi connectivity index (χ1) is 8.63. The number of carbonyl (C=O) groups excluding carboxylic acids is 2. The third-order valence-corrected chi connectivity index (χ3v) is 2.52. The van der Waals surface area contributed by atoms with Crippen molar-refractivity contribution in [3.05, 3.63) is 65.0 Å². The lowest BCUT2D eigenvalue weighted by Gasteiger charge is -2.06. The normalized spacial score (nSPS) is 10.1.